The van der Waals surface area contributed by atoms with Crippen LogP contribution in [0.25, 0.3) is 5.57 Å². The number of nitrogens with one attached hydrogen (secondary N) is 1. The first-order valence-electron chi connectivity index (χ1n) is 12.4. The summed E-state index contributed by atoms with van der Waals surface area (Å²) in [4.78, 5) is 30.9. The molecule has 1 fully saturated rings. The Morgan fingerprint density at radius 2 is 1.34 bits per heavy atom. The Labute approximate surface area is 207 Å². The van der Waals surface area contributed by atoms with Gasteiger partial charge in [0, 0.05) is 24.5 Å². The van der Waals surface area contributed by atoms with Gasteiger partial charge in [-0.05, 0) is 72.7 Å². The third-order valence-electron chi connectivity index (χ3n) is 6.82. The van der Waals surface area contributed by atoms with Crippen molar-refractivity contribution < 1.29 is 9.59 Å². The number of benzene rings is 3. The van der Waals surface area contributed by atoms with E-state index in [0.717, 1.165) is 29.9 Å². The summed E-state index contributed by atoms with van der Waals surface area (Å²) in [5.74, 6) is -0.283. The number of hydrogen-bond donors (Lipinski definition) is 1. The van der Waals surface area contributed by atoms with Gasteiger partial charge in [0.05, 0.1) is 11.3 Å². The second kappa shape index (κ2) is 9.79. The number of amides is 2. The fourth-order valence-electron chi connectivity index (χ4n) is 4.81. The molecule has 5 nitrogen and oxygen atoms in total. The molecule has 0 radical (unpaired) electrons. The van der Waals surface area contributed by atoms with Gasteiger partial charge in [-0.3, -0.25) is 9.59 Å². The average Bonchev–Trinajstić information content (AvgIpc) is 3.14. The molecule has 3 aromatic carbocycles. The molecule has 0 saturated carbocycles. The number of nitrogens with zero attached hydrogens (tertiary/aromatic N) is 2. The molecule has 5 heteroatoms. The van der Waals surface area contributed by atoms with E-state index in [-0.39, 0.29) is 11.8 Å². The van der Waals surface area contributed by atoms with Gasteiger partial charge in [0.2, 0.25) is 0 Å². The summed E-state index contributed by atoms with van der Waals surface area (Å²) < 4.78 is 0. The first-order valence-corrected chi connectivity index (χ1v) is 12.4. The second-order valence-corrected chi connectivity index (χ2v) is 9.53. The van der Waals surface area contributed by atoms with Crippen LogP contribution in [0, 0.1) is 0 Å². The normalized spacial score (nSPS) is 16.4. The molecule has 3 aromatic rings. The molecule has 178 valence electrons. The highest BCUT2D eigenvalue weighted by Crippen LogP contribution is 2.34. The molecule has 2 aliphatic heterocycles. The van der Waals surface area contributed by atoms with Gasteiger partial charge in [0.15, 0.2) is 0 Å². The van der Waals surface area contributed by atoms with Gasteiger partial charge in [-0.15, -0.1) is 0 Å². The van der Waals surface area contributed by atoms with Crippen molar-refractivity contribution in [2.45, 2.75) is 39.0 Å². The molecule has 35 heavy (non-hydrogen) atoms. The van der Waals surface area contributed by atoms with Crippen LogP contribution in [0.5, 0.6) is 0 Å². The summed E-state index contributed by atoms with van der Waals surface area (Å²) in [5, 5.41) is 3.28. The molecule has 0 aliphatic carbocycles. The fourth-order valence-corrected chi connectivity index (χ4v) is 4.81. The highest BCUT2D eigenvalue weighted by atomic mass is 16.2. The summed E-state index contributed by atoms with van der Waals surface area (Å²) in [5.41, 5.74) is 5.13. The number of imide groups is 1. The van der Waals surface area contributed by atoms with Crippen LogP contribution >= 0.6 is 0 Å². The van der Waals surface area contributed by atoms with Crippen LogP contribution in [0.1, 0.15) is 50.2 Å². The van der Waals surface area contributed by atoms with E-state index in [1.54, 1.807) is 0 Å². The van der Waals surface area contributed by atoms with Gasteiger partial charge < -0.3 is 10.2 Å². The number of carbonyl (C=O) groups is 2. The van der Waals surface area contributed by atoms with Crippen molar-refractivity contribution >= 4 is 34.4 Å². The number of anilines is 3. The lowest BCUT2D eigenvalue weighted by Crippen LogP contribution is -2.32. The van der Waals surface area contributed by atoms with Gasteiger partial charge in [-0.1, -0.05) is 56.3 Å². The summed E-state index contributed by atoms with van der Waals surface area (Å²) in [7, 11) is 0. The largest absolute Gasteiger partial charge is 0.372 e. The van der Waals surface area contributed by atoms with Crippen LogP contribution < -0.4 is 15.1 Å². The van der Waals surface area contributed by atoms with Crippen molar-refractivity contribution in [1.29, 1.82) is 0 Å². The van der Waals surface area contributed by atoms with Gasteiger partial charge in [-0.2, -0.15) is 0 Å². The minimum absolute atomic E-state index is 0.305. The lowest BCUT2D eigenvalue weighted by molar-refractivity contribution is -0.120. The van der Waals surface area contributed by atoms with Crippen LogP contribution in [-0.4, -0.2) is 24.9 Å². The Morgan fingerprint density at radius 1 is 0.714 bits per heavy atom. The molecular formula is C30H31N3O2. The Kier molecular flexibility index (Phi) is 6.41. The van der Waals surface area contributed by atoms with Crippen molar-refractivity contribution in [1.82, 2.24) is 0 Å². The quantitative estimate of drug-likeness (QED) is 0.441. The van der Waals surface area contributed by atoms with Gasteiger partial charge >= 0.3 is 0 Å². The van der Waals surface area contributed by atoms with Crippen molar-refractivity contribution in [3.8, 4) is 0 Å². The summed E-state index contributed by atoms with van der Waals surface area (Å²) in [6.07, 6.45) is 3.73. The monoisotopic (exact) mass is 465 g/mol. The SMILES string of the molecule is CC(C)c1ccc(N2C(=O)C(Nc3ccc(N4CCCCC4)cc3)=C(c3ccccc3)C2=O)cc1. The van der Waals surface area contributed by atoms with Crippen LogP contribution in [0.3, 0.4) is 0 Å². The molecule has 2 heterocycles. The molecule has 5 rings (SSSR count). The molecule has 2 aliphatic rings. The first kappa shape index (κ1) is 22.9. The van der Waals surface area contributed by atoms with Gasteiger partial charge in [-0.25, -0.2) is 4.90 Å². The molecule has 0 bridgehead atoms. The predicted molar refractivity (Wildman–Crippen MR) is 143 cm³/mol. The first-order chi connectivity index (χ1) is 17.0. The number of hydrogen-bond acceptors (Lipinski definition) is 4. The van der Waals surface area contributed by atoms with E-state index in [2.05, 4.69) is 36.2 Å². The molecular weight excluding hydrogens is 434 g/mol. The maximum atomic E-state index is 13.6. The zero-order valence-corrected chi connectivity index (χ0v) is 20.3. The lowest BCUT2D eigenvalue weighted by atomic mass is 10.0. The second-order valence-electron chi connectivity index (χ2n) is 9.53. The van der Waals surface area contributed by atoms with Crippen molar-refractivity contribution in [3.05, 3.63) is 95.7 Å². The smallest absolute Gasteiger partial charge is 0.282 e. The van der Waals surface area contributed by atoms with Crippen LogP contribution in [0.15, 0.2) is 84.6 Å². The number of piperidine rings is 1. The topological polar surface area (TPSA) is 52.7 Å². The van der Waals surface area contributed by atoms with E-state index in [1.165, 1.54) is 29.8 Å². The van der Waals surface area contributed by atoms with E-state index in [1.807, 2.05) is 66.7 Å². The zero-order valence-electron chi connectivity index (χ0n) is 20.3. The molecule has 0 atom stereocenters. The van der Waals surface area contributed by atoms with Crippen molar-refractivity contribution in [3.63, 3.8) is 0 Å². The molecule has 1 N–H and O–H groups in total. The van der Waals surface area contributed by atoms with Crippen molar-refractivity contribution in [2.24, 2.45) is 0 Å². The molecule has 2 amide bonds. The van der Waals surface area contributed by atoms with Crippen LogP contribution in [0.2, 0.25) is 0 Å². The zero-order chi connectivity index (χ0) is 24.4. The third kappa shape index (κ3) is 4.59. The average molecular weight is 466 g/mol. The van der Waals surface area contributed by atoms with Crippen molar-refractivity contribution in [2.75, 3.05) is 28.2 Å². The minimum Gasteiger partial charge on any atom is -0.372 e. The summed E-state index contributed by atoms with van der Waals surface area (Å²) in [6, 6.07) is 25.2. The predicted octanol–water partition coefficient (Wildman–Crippen LogP) is 6.20. The van der Waals surface area contributed by atoms with E-state index >= 15 is 0 Å². The molecule has 0 aromatic heterocycles. The Morgan fingerprint density at radius 3 is 1.97 bits per heavy atom. The van der Waals surface area contributed by atoms with Crippen LogP contribution in [0.4, 0.5) is 17.1 Å². The Hall–Kier alpha value is -3.86. The van der Waals surface area contributed by atoms with Gasteiger partial charge in [0.1, 0.15) is 5.70 Å². The number of rotatable bonds is 6. The standard InChI is InChI=1S/C30H31N3O2/c1-21(2)22-11-15-26(16-12-22)33-29(34)27(23-9-5-3-6-10-23)28(30(33)35)31-24-13-17-25(18-14-24)32-19-7-4-8-20-32/h3,5-6,9-18,21,31H,4,7-8,19-20H2,1-2H3. The minimum atomic E-state index is -0.341. The molecule has 0 unspecified atom stereocenters. The maximum Gasteiger partial charge on any atom is 0.282 e. The summed E-state index contributed by atoms with van der Waals surface area (Å²) >= 11 is 0. The van der Waals surface area contributed by atoms with Gasteiger partial charge in [0.25, 0.3) is 11.8 Å². The molecule has 0 spiro atoms. The van der Waals surface area contributed by atoms with E-state index in [0.29, 0.717) is 22.9 Å². The van der Waals surface area contributed by atoms with E-state index < -0.39 is 0 Å². The highest BCUT2D eigenvalue weighted by Gasteiger charge is 2.40. The summed E-state index contributed by atoms with van der Waals surface area (Å²) in [6.45, 7) is 6.39. The Bertz CT molecular complexity index is 1240. The lowest BCUT2D eigenvalue weighted by Gasteiger charge is -2.28. The van der Waals surface area contributed by atoms with E-state index in [9.17, 15) is 9.59 Å². The Balaban J connectivity index is 1.47. The third-order valence-corrected chi connectivity index (χ3v) is 6.82. The van der Waals surface area contributed by atoms with Crippen LogP contribution in [-0.2, 0) is 9.59 Å². The fraction of sp³-hybridized carbons (Fsp3) is 0.267. The molecule has 1 saturated heterocycles. The highest BCUT2D eigenvalue weighted by molar-refractivity contribution is 6.46. The number of carbonyl (C=O) groups excluding carboxylic acids is 2. The maximum absolute atomic E-state index is 13.6. The van der Waals surface area contributed by atoms with E-state index in [4.69, 9.17) is 0 Å².